The number of rotatable bonds is 8. The average molecular weight is 437 g/mol. The van der Waals surface area contributed by atoms with Crippen LogP contribution >= 0.6 is 24.0 Å². The highest BCUT2D eigenvalue weighted by Gasteiger charge is 2.01. The van der Waals surface area contributed by atoms with Crippen LogP contribution in [0.3, 0.4) is 0 Å². The van der Waals surface area contributed by atoms with Crippen molar-refractivity contribution < 1.29 is 9.13 Å². The summed E-state index contributed by atoms with van der Waals surface area (Å²) in [5, 5.41) is 6.46. The lowest BCUT2D eigenvalue weighted by Gasteiger charge is -2.13. The van der Waals surface area contributed by atoms with Gasteiger partial charge in [-0.25, -0.2) is 4.39 Å². The van der Waals surface area contributed by atoms with Crippen molar-refractivity contribution in [1.29, 1.82) is 0 Å². The van der Waals surface area contributed by atoms with Gasteiger partial charge in [0.1, 0.15) is 5.82 Å². The van der Waals surface area contributed by atoms with Crippen LogP contribution in [-0.2, 0) is 11.3 Å². The van der Waals surface area contributed by atoms with E-state index in [-0.39, 0.29) is 29.8 Å². The zero-order valence-corrected chi connectivity index (χ0v) is 16.8. The SMILES string of the molecule is CN=C(NCCCOCC(C)C)NCc1ccc(F)c(C)c1.I. The second-order valence-electron chi connectivity index (χ2n) is 5.76. The lowest BCUT2D eigenvalue weighted by Crippen LogP contribution is -2.37. The number of nitrogens with one attached hydrogen (secondary N) is 2. The number of hydrogen-bond donors (Lipinski definition) is 2. The molecule has 0 radical (unpaired) electrons. The summed E-state index contributed by atoms with van der Waals surface area (Å²) in [6.45, 7) is 9.02. The summed E-state index contributed by atoms with van der Waals surface area (Å²) in [5.74, 6) is 1.14. The molecule has 0 aromatic heterocycles. The van der Waals surface area contributed by atoms with Gasteiger partial charge in [0.25, 0.3) is 0 Å². The van der Waals surface area contributed by atoms with Gasteiger partial charge in [-0.3, -0.25) is 4.99 Å². The molecule has 0 aliphatic heterocycles. The van der Waals surface area contributed by atoms with Crippen molar-refractivity contribution >= 4 is 29.9 Å². The Hall–Kier alpha value is -0.890. The number of aliphatic imine (C=N–C) groups is 1. The third-order valence-electron chi connectivity index (χ3n) is 3.12. The van der Waals surface area contributed by atoms with E-state index in [9.17, 15) is 4.39 Å². The van der Waals surface area contributed by atoms with E-state index in [4.69, 9.17) is 4.74 Å². The molecule has 2 N–H and O–H groups in total. The fourth-order valence-corrected chi connectivity index (χ4v) is 1.92. The Bertz CT molecular complexity index is 481. The number of benzene rings is 1. The molecule has 0 atom stereocenters. The second-order valence-corrected chi connectivity index (χ2v) is 5.76. The molecule has 0 aliphatic carbocycles. The van der Waals surface area contributed by atoms with Crippen LogP contribution in [0.2, 0.25) is 0 Å². The minimum atomic E-state index is -0.173. The van der Waals surface area contributed by atoms with E-state index < -0.39 is 0 Å². The molecule has 0 saturated carbocycles. The molecule has 0 heterocycles. The molecule has 0 saturated heterocycles. The number of halogens is 2. The van der Waals surface area contributed by atoms with E-state index in [1.807, 2.05) is 6.07 Å². The summed E-state index contributed by atoms with van der Waals surface area (Å²) in [5.41, 5.74) is 1.69. The molecule has 1 aromatic carbocycles. The van der Waals surface area contributed by atoms with Crippen LogP contribution in [-0.4, -0.2) is 32.8 Å². The standard InChI is InChI=1S/C17H28FN3O.HI/c1-13(2)12-22-9-5-8-20-17(19-4)21-11-15-6-7-16(18)14(3)10-15;/h6-7,10,13H,5,8-9,11-12H2,1-4H3,(H2,19,20,21);1H. The first-order chi connectivity index (χ1) is 10.5. The fraction of sp³-hybridized carbons (Fsp3) is 0.588. The van der Waals surface area contributed by atoms with E-state index >= 15 is 0 Å². The molecule has 0 aliphatic rings. The van der Waals surface area contributed by atoms with Gasteiger partial charge >= 0.3 is 0 Å². The van der Waals surface area contributed by atoms with Crippen LogP contribution in [0.4, 0.5) is 4.39 Å². The Morgan fingerprint density at radius 3 is 2.65 bits per heavy atom. The Labute approximate surface area is 156 Å². The quantitative estimate of drug-likeness (QED) is 0.283. The van der Waals surface area contributed by atoms with Gasteiger partial charge in [0.2, 0.25) is 0 Å². The average Bonchev–Trinajstić information content (AvgIpc) is 2.49. The highest BCUT2D eigenvalue weighted by atomic mass is 127. The number of aryl methyl sites for hydroxylation is 1. The molecule has 1 aromatic rings. The Morgan fingerprint density at radius 2 is 2.04 bits per heavy atom. The van der Waals surface area contributed by atoms with Crippen molar-refractivity contribution in [3.63, 3.8) is 0 Å². The number of guanidine groups is 1. The summed E-state index contributed by atoms with van der Waals surface area (Å²) >= 11 is 0. The van der Waals surface area contributed by atoms with Crippen LogP contribution in [0.25, 0.3) is 0 Å². The van der Waals surface area contributed by atoms with Crippen LogP contribution in [0.1, 0.15) is 31.4 Å². The third kappa shape index (κ3) is 9.76. The minimum absolute atomic E-state index is 0. The summed E-state index contributed by atoms with van der Waals surface area (Å²) in [6, 6.07) is 5.12. The first-order valence-corrected chi connectivity index (χ1v) is 7.80. The highest BCUT2D eigenvalue weighted by Crippen LogP contribution is 2.08. The molecule has 6 heteroatoms. The van der Waals surface area contributed by atoms with Crippen LogP contribution in [0.5, 0.6) is 0 Å². The molecule has 0 unspecified atom stereocenters. The molecule has 1 rings (SSSR count). The van der Waals surface area contributed by atoms with Gasteiger partial charge in [-0.2, -0.15) is 0 Å². The monoisotopic (exact) mass is 437 g/mol. The third-order valence-corrected chi connectivity index (χ3v) is 3.12. The van der Waals surface area contributed by atoms with Crippen molar-refractivity contribution in [2.75, 3.05) is 26.8 Å². The van der Waals surface area contributed by atoms with E-state index in [1.54, 1.807) is 20.0 Å². The number of nitrogens with zero attached hydrogens (tertiary/aromatic N) is 1. The maximum absolute atomic E-state index is 13.2. The van der Waals surface area contributed by atoms with E-state index in [0.717, 1.165) is 37.7 Å². The van der Waals surface area contributed by atoms with Crippen molar-refractivity contribution in [2.24, 2.45) is 10.9 Å². The highest BCUT2D eigenvalue weighted by molar-refractivity contribution is 14.0. The molecular formula is C17H29FIN3O. The molecule has 4 nitrogen and oxygen atoms in total. The first-order valence-electron chi connectivity index (χ1n) is 7.80. The maximum atomic E-state index is 13.2. The van der Waals surface area contributed by atoms with E-state index in [1.165, 1.54) is 6.07 Å². The van der Waals surface area contributed by atoms with E-state index in [2.05, 4.69) is 29.5 Å². The topological polar surface area (TPSA) is 45.7 Å². The molecule has 132 valence electrons. The van der Waals surface area contributed by atoms with Gasteiger partial charge in [0.05, 0.1) is 0 Å². The Balaban J connectivity index is 0.00000484. The molecule has 23 heavy (non-hydrogen) atoms. The van der Waals surface area contributed by atoms with Crippen molar-refractivity contribution in [2.45, 2.75) is 33.7 Å². The largest absolute Gasteiger partial charge is 0.381 e. The van der Waals surface area contributed by atoms with Gasteiger partial charge in [-0.05, 0) is 36.5 Å². The zero-order chi connectivity index (χ0) is 16.4. The van der Waals surface area contributed by atoms with Crippen molar-refractivity contribution in [3.05, 3.63) is 35.1 Å². The van der Waals surface area contributed by atoms with Gasteiger partial charge < -0.3 is 15.4 Å². The summed E-state index contributed by atoms with van der Waals surface area (Å²) < 4.78 is 18.7. The van der Waals surface area contributed by atoms with Gasteiger partial charge in [-0.15, -0.1) is 24.0 Å². The molecule has 0 spiro atoms. The van der Waals surface area contributed by atoms with Crippen molar-refractivity contribution in [3.8, 4) is 0 Å². The van der Waals surface area contributed by atoms with Crippen LogP contribution in [0, 0.1) is 18.7 Å². The Morgan fingerprint density at radius 1 is 1.30 bits per heavy atom. The summed E-state index contributed by atoms with van der Waals surface area (Å²) in [4.78, 5) is 4.17. The number of ether oxygens (including phenoxy) is 1. The summed E-state index contributed by atoms with van der Waals surface area (Å²) in [7, 11) is 1.74. The van der Waals surface area contributed by atoms with Crippen molar-refractivity contribution in [1.82, 2.24) is 10.6 Å². The maximum Gasteiger partial charge on any atom is 0.191 e. The lowest BCUT2D eigenvalue weighted by atomic mass is 10.1. The smallest absolute Gasteiger partial charge is 0.191 e. The minimum Gasteiger partial charge on any atom is -0.381 e. The second kappa shape index (κ2) is 12.5. The predicted octanol–water partition coefficient (Wildman–Crippen LogP) is 3.48. The zero-order valence-electron chi connectivity index (χ0n) is 14.5. The lowest BCUT2D eigenvalue weighted by molar-refractivity contribution is 0.108. The normalized spacial score (nSPS) is 11.3. The number of hydrogen-bond acceptors (Lipinski definition) is 2. The Kier molecular flexibility index (Phi) is 12.0. The first kappa shape index (κ1) is 22.1. The van der Waals surface area contributed by atoms with Crippen LogP contribution < -0.4 is 10.6 Å². The molecule has 0 amide bonds. The molecular weight excluding hydrogens is 408 g/mol. The predicted molar refractivity (Wildman–Crippen MR) is 105 cm³/mol. The van der Waals surface area contributed by atoms with Crippen LogP contribution in [0.15, 0.2) is 23.2 Å². The van der Waals surface area contributed by atoms with Gasteiger partial charge in [0, 0.05) is 33.4 Å². The van der Waals surface area contributed by atoms with Gasteiger partial charge in [-0.1, -0.05) is 26.0 Å². The summed E-state index contributed by atoms with van der Waals surface area (Å²) in [6.07, 6.45) is 0.934. The van der Waals surface area contributed by atoms with Gasteiger partial charge in [0.15, 0.2) is 5.96 Å². The molecule has 0 fully saturated rings. The molecule has 0 bridgehead atoms. The van der Waals surface area contributed by atoms with E-state index in [0.29, 0.717) is 18.0 Å². The fourth-order valence-electron chi connectivity index (χ4n) is 1.92.